The highest BCUT2D eigenvalue weighted by Gasteiger charge is 2.23. The SMILES string of the molecule is CCNC(=O)[C@@H](C)[NH+](C)CC(=O)Nc1cc(Cl)ccc1OC. The zero-order valence-corrected chi connectivity index (χ0v) is 14.1. The zero-order chi connectivity index (χ0) is 16.7. The lowest BCUT2D eigenvalue weighted by Crippen LogP contribution is -3.15. The Bertz CT molecular complexity index is 537. The first-order valence-electron chi connectivity index (χ1n) is 7.12. The Balaban J connectivity index is 2.66. The van der Waals surface area contributed by atoms with E-state index in [0.717, 1.165) is 4.90 Å². The highest BCUT2D eigenvalue weighted by molar-refractivity contribution is 6.31. The lowest BCUT2D eigenvalue weighted by Gasteiger charge is -2.20. The van der Waals surface area contributed by atoms with Gasteiger partial charge in [-0.15, -0.1) is 0 Å². The van der Waals surface area contributed by atoms with Crippen LogP contribution in [0.3, 0.4) is 0 Å². The molecule has 0 heterocycles. The number of carbonyl (C=O) groups excluding carboxylic acids is 2. The van der Waals surface area contributed by atoms with Crippen molar-refractivity contribution in [2.45, 2.75) is 19.9 Å². The number of likely N-dealkylation sites (N-methyl/N-ethyl adjacent to an activating group) is 2. The number of quaternary nitrogens is 1. The fourth-order valence-corrected chi connectivity index (χ4v) is 2.10. The van der Waals surface area contributed by atoms with Crippen LogP contribution in [0.1, 0.15) is 13.8 Å². The van der Waals surface area contributed by atoms with Gasteiger partial charge in [-0.25, -0.2) is 0 Å². The fourth-order valence-electron chi connectivity index (χ4n) is 1.93. The number of carbonyl (C=O) groups is 2. The van der Waals surface area contributed by atoms with E-state index in [9.17, 15) is 9.59 Å². The minimum absolute atomic E-state index is 0.0758. The first-order chi connectivity index (χ1) is 10.4. The smallest absolute Gasteiger partial charge is 0.279 e. The quantitative estimate of drug-likeness (QED) is 0.675. The van der Waals surface area contributed by atoms with Crippen molar-refractivity contribution in [1.29, 1.82) is 0 Å². The minimum atomic E-state index is -0.313. The molecule has 0 saturated heterocycles. The van der Waals surface area contributed by atoms with Crippen LogP contribution in [-0.2, 0) is 9.59 Å². The molecule has 1 rings (SSSR count). The number of hydrogen-bond acceptors (Lipinski definition) is 3. The number of rotatable bonds is 7. The standard InChI is InChI=1S/C15H22ClN3O3/c1-5-17-15(21)10(2)19(3)9-14(20)18-12-8-11(16)6-7-13(12)22-4/h6-8,10H,5,9H2,1-4H3,(H,17,21)(H,18,20)/p+1/t10-/m1/s1. The topological polar surface area (TPSA) is 71.9 Å². The molecule has 1 unspecified atom stereocenters. The molecule has 0 spiro atoms. The molecule has 0 radical (unpaired) electrons. The number of amides is 2. The third-order valence-electron chi connectivity index (χ3n) is 3.36. The van der Waals surface area contributed by atoms with Crippen LogP contribution in [0.25, 0.3) is 0 Å². The van der Waals surface area contributed by atoms with Gasteiger partial charge in [0.25, 0.3) is 11.8 Å². The summed E-state index contributed by atoms with van der Waals surface area (Å²) in [6, 6.07) is 4.68. The Labute approximate surface area is 135 Å². The summed E-state index contributed by atoms with van der Waals surface area (Å²) in [4.78, 5) is 24.7. The lowest BCUT2D eigenvalue weighted by atomic mass is 10.2. The van der Waals surface area contributed by atoms with Crippen molar-refractivity contribution in [1.82, 2.24) is 5.32 Å². The largest absolute Gasteiger partial charge is 0.495 e. The monoisotopic (exact) mass is 328 g/mol. The summed E-state index contributed by atoms with van der Waals surface area (Å²) in [6.45, 7) is 4.38. The molecular weight excluding hydrogens is 306 g/mol. The average molecular weight is 329 g/mol. The van der Waals surface area contributed by atoms with Crippen molar-refractivity contribution in [3.8, 4) is 5.75 Å². The molecule has 6 nitrogen and oxygen atoms in total. The van der Waals surface area contributed by atoms with Crippen molar-refractivity contribution in [3.63, 3.8) is 0 Å². The summed E-state index contributed by atoms with van der Waals surface area (Å²) in [6.07, 6.45) is 0. The fraction of sp³-hybridized carbons (Fsp3) is 0.467. The molecule has 0 aliphatic heterocycles. The summed E-state index contributed by atoms with van der Waals surface area (Å²) in [7, 11) is 3.32. The average Bonchev–Trinajstić information content (AvgIpc) is 2.46. The van der Waals surface area contributed by atoms with Crippen LogP contribution < -0.4 is 20.3 Å². The Morgan fingerprint density at radius 1 is 1.41 bits per heavy atom. The lowest BCUT2D eigenvalue weighted by molar-refractivity contribution is -0.885. The van der Waals surface area contributed by atoms with E-state index in [0.29, 0.717) is 23.0 Å². The van der Waals surface area contributed by atoms with Gasteiger partial charge in [0.2, 0.25) is 0 Å². The molecule has 0 saturated carbocycles. The van der Waals surface area contributed by atoms with Gasteiger partial charge < -0.3 is 20.3 Å². The minimum Gasteiger partial charge on any atom is -0.495 e. The van der Waals surface area contributed by atoms with E-state index < -0.39 is 0 Å². The van der Waals surface area contributed by atoms with Gasteiger partial charge in [-0.1, -0.05) is 11.6 Å². The maximum absolute atomic E-state index is 12.1. The predicted octanol–water partition coefficient (Wildman–Crippen LogP) is 0.326. The zero-order valence-electron chi connectivity index (χ0n) is 13.3. The molecule has 2 atom stereocenters. The molecule has 0 fully saturated rings. The van der Waals surface area contributed by atoms with Crippen molar-refractivity contribution < 1.29 is 19.2 Å². The Morgan fingerprint density at radius 3 is 2.68 bits per heavy atom. The van der Waals surface area contributed by atoms with Gasteiger partial charge in [0.05, 0.1) is 19.8 Å². The number of halogens is 1. The van der Waals surface area contributed by atoms with Gasteiger partial charge in [0, 0.05) is 11.6 Å². The number of hydrogen-bond donors (Lipinski definition) is 3. The first-order valence-corrected chi connectivity index (χ1v) is 7.50. The molecule has 2 amide bonds. The number of methoxy groups -OCH3 is 1. The molecule has 0 bridgehead atoms. The molecule has 1 aromatic carbocycles. The van der Waals surface area contributed by atoms with Crippen LogP contribution in [0, 0.1) is 0 Å². The van der Waals surface area contributed by atoms with Crippen molar-refractivity contribution in [2.24, 2.45) is 0 Å². The van der Waals surface area contributed by atoms with Crippen molar-refractivity contribution >= 4 is 29.1 Å². The third kappa shape index (κ3) is 5.20. The van der Waals surface area contributed by atoms with Crippen LogP contribution in [0.5, 0.6) is 5.75 Å². The van der Waals surface area contributed by atoms with Crippen molar-refractivity contribution in [2.75, 3.05) is 32.6 Å². The second-order valence-corrected chi connectivity index (χ2v) is 5.47. The van der Waals surface area contributed by atoms with E-state index in [-0.39, 0.29) is 24.4 Å². The summed E-state index contributed by atoms with van der Waals surface area (Å²) in [5.74, 6) is 0.245. The van der Waals surface area contributed by atoms with E-state index in [2.05, 4.69) is 10.6 Å². The first kappa shape index (κ1) is 18.3. The van der Waals surface area contributed by atoms with Crippen molar-refractivity contribution in [3.05, 3.63) is 23.2 Å². The molecule has 0 aromatic heterocycles. The number of benzene rings is 1. The Morgan fingerprint density at radius 2 is 2.09 bits per heavy atom. The van der Waals surface area contributed by atoms with E-state index in [4.69, 9.17) is 16.3 Å². The maximum atomic E-state index is 12.1. The molecular formula is C15H23ClN3O3+. The van der Waals surface area contributed by atoms with Gasteiger partial charge in [-0.05, 0) is 32.0 Å². The van der Waals surface area contributed by atoms with E-state index in [1.54, 1.807) is 32.2 Å². The molecule has 0 aliphatic rings. The summed E-state index contributed by atoms with van der Waals surface area (Å²) < 4.78 is 5.18. The number of ether oxygens (including phenoxy) is 1. The maximum Gasteiger partial charge on any atom is 0.279 e. The summed E-state index contributed by atoms with van der Waals surface area (Å²) in [5, 5.41) is 6.01. The molecule has 1 aromatic rings. The Hall–Kier alpha value is -1.79. The van der Waals surface area contributed by atoms with Crippen LogP contribution in [-0.4, -0.2) is 45.1 Å². The van der Waals surface area contributed by atoms with Gasteiger partial charge in [0.15, 0.2) is 12.6 Å². The van der Waals surface area contributed by atoms with Crippen LogP contribution >= 0.6 is 11.6 Å². The third-order valence-corrected chi connectivity index (χ3v) is 3.59. The number of nitrogens with one attached hydrogen (secondary N) is 3. The van der Waals surface area contributed by atoms with Gasteiger partial charge in [-0.3, -0.25) is 9.59 Å². The van der Waals surface area contributed by atoms with Gasteiger partial charge in [0.1, 0.15) is 5.75 Å². The molecule has 7 heteroatoms. The van der Waals surface area contributed by atoms with Gasteiger partial charge >= 0.3 is 0 Å². The molecule has 3 N–H and O–H groups in total. The highest BCUT2D eigenvalue weighted by atomic mass is 35.5. The molecule has 22 heavy (non-hydrogen) atoms. The summed E-state index contributed by atoms with van der Waals surface area (Å²) in [5.41, 5.74) is 0.512. The number of anilines is 1. The van der Waals surface area contributed by atoms with E-state index in [1.165, 1.54) is 7.11 Å². The second kappa shape index (κ2) is 8.60. The second-order valence-electron chi connectivity index (χ2n) is 5.03. The van der Waals surface area contributed by atoms with Crippen LogP contribution in [0.4, 0.5) is 5.69 Å². The molecule has 0 aliphatic carbocycles. The van der Waals surface area contributed by atoms with Gasteiger partial charge in [-0.2, -0.15) is 0 Å². The van der Waals surface area contributed by atoms with E-state index in [1.807, 2.05) is 6.92 Å². The highest BCUT2D eigenvalue weighted by Crippen LogP contribution is 2.27. The Kier molecular flexibility index (Phi) is 7.14. The van der Waals surface area contributed by atoms with E-state index >= 15 is 0 Å². The van der Waals surface area contributed by atoms with Crippen LogP contribution in [0.2, 0.25) is 5.02 Å². The van der Waals surface area contributed by atoms with Crippen LogP contribution in [0.15, 0.2) is 18.2 Å². The normalized spacial score (nSPS) is 13.1. The predicted molar refractivity (Wildman–Crippen MR) is 86.5 cm³/mol. The molecule has 122 valence electrons. The summed E-state index contributed by atoms with van der Waals surface area (Å²) >= 11 is 5.92.